The van der Waals surface area contributed by atoms with E-state index in [2.05, 4.69) is 0 Å². The van der Waals surface area contributed by atoms with Crippen LogP contribution in [0.15, 0.2) is 0 Å². The van der Waals surface area contributed by atoms with E-state index >= 15 is 0 Å². The van der Waals surface area contributed by atoms with E-state index in [0.29, 0.717) is 13.0 Å². The minimum absolute atomic E-state index is 0.140. The molecule has 0 aliphatic carbocycles. The Hall–Kier alpha value is -0.240. The summed E-state index contributed by atoms with van der Waals surface area (Å²) in [5.41, 5.74) is 5.46. The second kappa shape index (κ2) is 4.32. The first-order valence-corrected chi connectivity index (χ1v) is 5.15. The van der Waals surface area contributed by atoms with Gasteiger partial charge in [0.2, 0.25) is 0 Å². The summed E-state index contributed by atoms with van der Waals surface area (Å²) in [6.07, 6.45) is -3.21. The Morgan fingerprint density at radius 1 is 1.20 bits per heavy atom. The summed E-state index contributed by atoms with van der Waals surface area (Å²) >= 11 is 0. The van der Waals surface area contributed by atoms with E-state index in [1.807, 2.05) is 0 Å². The predicted molar refractivity (Wildman–Crippen MR) is 50.1 cm³/mol. The van der Waals surface area contributed by atoms with Crippen LogP contribution in [-0.2, 0) is 9.47 Å². The first kappa shape index (κ1) is 11.3. The SMILES string of the molecule is NCC1C[C@H]2O[C@H](CO)[C@@H](O)[C@H](O)[C@H]2O1. The van der Waals surface area contributed by atoms with Gasteiger partial charge in [-0.25, -0.2) is 0 Å². The Morgan fingerprint density at radius 2 is 1.93 bits per heavy atom. The van der Waals surface area contributed by atoms with Gasteiger partial charge in [-0.3, -0.25) is 0 Å². The Bertz CT molecular complexity index is 227. The highest BCUT2D eigenvalue weighted by Gasteiger charge is 2.49. The van der Waals surface area contributed by atoms with Crippen LogP contribution in [0.4, 0.5) is 0 Å². The van der Waals surface area contributed by atoms with Crippen LogP contribution >= 0.6 is 0 Å². The molecule has 0 spiro atoms. The van der Waals surface area contributed by atoms with Crippen molar-refractivity contribution < 1.29 is 24.8 Å². The van der Waals surface area contributed by atoms with Crippen molar-refractivity contribution in [3.05, 3.63) is 0 Å². The molecule has 2 aliphatic rings. The van der Waals surface area contributed by atoms with Crippen molar-refractivity contribution in [1.82, 2.24) is 0 Å². The van der Waals surface area contributed by atoms with Crippen LogP contribution in [0.1, 0.15) is 6.42 Å². The maximum Gasteiger partial charge on any atom is 0.113 e. The van der Waals surface area contributed by atoms with Crippen molar-refractivity contribution in [2.75, 3.05) is 13.2 Å². The number of aliphatic hydroxyl groups excluding tert-OH is 3. The number of nitrogens with two attached hydrogens (primary N) is 1. The molecule has 6 nitrogen and oxygen atoms in total. The lowest BCUT2D eigenvalue weighted by Crippen LogP contribution is -2.57. The second-order valence-corrected chi connectivity index (χ2v) is 4.07. The molecule has 2 saturated heterocycles. The van der Waals surface area contributed by atoms with Crippen molar-refractivity contribution in [1.29, 1.82) is 0 Å². The molecule has 0 bridgehead atoms. The number of fused-ring (bicyclic) bond motifs is 1. The highest BCUT2D eigenvalue weighted by atomic mass is 16.6. The van der Waals surface area contributed by atoms with Gasteiger partial charge in [0.15, 0.2) is 0 Å². The zero-order valence-corrected chi connectivity index (χ0v) is 8.32. The Balaban J connectivity index is 2.06. The summed E-state index contributed by atoms with van der Waals surface area (Å²) < 4.78 is 10.9. The van der Waals surface area contributed by atoms with Gasteiger partial charge in [0.05, 0.1) is 18.8 Å². The van der Waals surface area contributed by atoms with E-state index < -0.39 is 24.4 Å². The average Bonchev–Trinajstić information content (AvgIpc) is 2.66. The fraction of sp³-hybridized carbons (Fsp3) is 1.00. The minimum atomic E-state index is -1.10. The molecular weight excluding hydrogens is 202 g/mol. The zero-order valence-electron chi connectivity index (χ0n) is 8.32. The molecule has 0 amide bonds. The Labute approximate surface area is 87.6 Å². The first-order valence-electron chi connectivity index (χ1n) is 5.15. The molecule has 0 radical (unpaired) electrons. The molecule has 0 aromatic carbocycles. The third-order valence-electron chi connectivity index (χ3n) is 3.07. The molecule has 5 N–H and O–H groups in total. The lowest BCUT2D eigenvalue weighted by molar-refractivity contribution is -0.217. The third-order valence-corrected chi connectivity index (χ3v) is 3.07. The Morgan fingerprint density at radius 3 is 2.53 bits per heavy atom. The smallest absolute Gasteiger partial charge is 0.113 e. The maximum atomic E-state index is 9.76. The van der Waals surface area contributed by atoms with E-state index in [1.54, 1.807) is 0 Å². The zero-order chi connectivity index (χ0) is 11.0. The molecule has 6 heteroatoms. The molecule has 0 saturated carbocycles. The summed E-state index contributed by atoms with van der Waals surface area (Å²) in [6, 6.07) is 0. The summed E-state index contributed by atoms with van der Waals surface area (Å²) in [6.45, 7) is 0.0533. The minimum Gasteiger partial charge on any atom is -0.394 e. The van der Waals surface area contributed by atoms with Crippen molar-refractivity contribution in [3.8, 4) is 0 Å². The monoisotopic (exact) mass is 219 g/mol. The van der Waals surface area contributed by atoms with Crippen LogP contribution in [0, 0.1) is 0 Å². The van der Waals surface area contributed by atoms with Gasteiger partial charge < -0.3 is 30.5 Å². The molecule has 2 rings (SSSR count). The first-order chi connectivity index (χ1) is 7.17. The summed E-state index contributed by atoms with van der Waals surface area (Å²) in [4.78, 5) is 0. The van der Waals surface area contributed by atoms with Crippen molar-refractivity contribution in [2.45, 2.75) is 43.0 Å². The summed E-state index contributed by atoms with van der Waals surface area (Å²) in [5, 5.41) is 28.3. The van der Waals surface area contributed by atoms with Crippen LogP contribution < -0.4 is 5.73 Å². The highest BCUT2D eigenvalue weighted by molar-refractivity contribution is 4.97. The van der Waals surface area contributed by atoms with Gasteiger partial charge in [0.1, 0.15) is 24.4 Å². The number of hydrogen-bond acceptors (Lipinski definition) is 6. The highest BCUT2D eigenvalue weighted by Crippen LogP contribution is 2.32. The van der Waals surface area contributed by atoms with Crippen LogP contribution in [0.3, 0.4) is 0 Å². The van der Waals surface area contributed by atoms with E-state index in [4.69, 9.17) is 20.3 Å². The molecule has 88 valence electrons. The third kappa shape index (κ3) is 1.89. The molecule has 0 aromatic heterocycles. The summed E-state index contributed by atoms with van der Waals surface area (Å²) in [5.74, 6) is 0. The van der Waals surface area contributed by atoms with Gasteiger partial charge in [-0.15, -0.1) is 0 Å². The molecule has 15 heavy (non-hydrogen) atoms. The second-order valence-electron chi connectivity index (χ2n) is 4.07. The molecule has 2 aliphatic heterocycles. The van der Waals surface area contributed by atoms with E-state index in [1.165, 1.54) is 0 Å². The van der Waals surface area contributed by atoms with Crippen LogP contribution in [-0.4, -0.2) is 65.1 Å². The van der Waals surface area contributed by atoms with Gasteiger partial charge >= 0.3 is 0 Å². The maximum absolute atomic E-state index is 9.76. The number of aliphatic hydroxyl groups is 3. The van der Waals surface area contributed by atoms with Gasteiger partial charge in [-0.2, -0.15) is 0 Å². The lowest BCUT2D eigenvalue weighted by Gasteiger charge is -2.38. The quantitative estimate of drug-likeness (QED) is 0.412. The van der Waals surface area contributed by atoms with E-state index in [0.717, 1.165) is 0 Å². The van der Waals surface area contributed by atoms with Gasteiger partial charge in [-0.1, -0.05) is 0 Å². The van der Waals surface area contributed by atoms with Gasteiger partial charge in [0, 0.05) is 13.0 Å². The predicted octanol–water partition coefficient (Wildman–Crippen LogP) is -2.42. The molecule has 1 unspecified atom stereocenters. The van der Waals surface area contributed by atoms with Gasteiger partial charge in [-0.05, 0) is 0 Å². The molecule has 6 atom stereocenters. The molecule has 2 heterocycles. The number of ether oxygens (including phenoxy) is 2. The standard InChI is InChI=1S/C9H17NO5/c10-2-4-1-5-9(14-4)8(13)7(12)6(3-11)15-5/h4-9,11-13H,1-3,10H2/t4?,5-,6-,7-,8+,9+/m1/s1. The van der Waals surface area contributed by atoms with Gasteiger partial charge in [0.25, 0.3) is 0 Å². The van der Waals surface area contributed by atoms with E-state index in [-0.39, 0.29) is 18.8 Å². The van der Waals surface area contributed by atoms with Crippen molar-refractivity contribution in [3.63, 3.8) is 0 Å². The van der Waals surface area contributed by atoms with Crippen molar-refractivity contribution in [2.24, 2.45) is 5.73 Å². The fourth-order valence-corrected chi connectivity index (χ4v) is 2.21. The van der Waals surface area contributed by atoms with E-state index in [9.17, 15) is 10.2 Å². The van der Waals surface area contributed by atoms with Crippen LogP contribution in [0.25, 0.3) is 0 Å². The normalized spacial score (nSPS) is 50.4. The molecular formula is C9H17NO5. The lowest BCUT2D eigenvalue weighted by atomic mass is 9.95. The topological polar surface area (TPSA) is 105 Å². The number of hydrogen-bond donors (Lipinski definition) is 4. The van der Waals surface area contributed by atoms with Crippen molar-refractivity contribution >= 4 is 0 Å². The van der Waals surface area contributed by atoms with Crippen LogP contribution in [0.2, 0.25) is 0 Å². The Kier molecular flexibility index (Phi) is 3.24. The molecule has 2 fully saturated rings. The molecule has 0 aromatic rings. The summed E-state index contributed by atoms with van der Waals surface area (Å²) in [7, 11) is 0. The fourth-order valence-electron chi connectivity index (χ4n) is 2.21. The van der Waals surface area contributed by atoms with Crippen LogP contribution in [0.5, 0.6) is 0 Å². The average molecular weight is 219 g/mol. The largest absolute Gasteiger partial charge is 0.394 e. The number of rotatable bonds is 2.